The monoisotopic (exact) mass is 210 g/mol. The second kappa shape index (κ2) is 3.38. The summed E-state index contributed by atoms with van der Waals surface area (Å²) in [5.41, 5.74) is -1.03. The van der Waals surface area contributed by atoms with Gasteiger partial charge in [-0.15, -0.1) is 0 Å². The number of carbonyl (C=O) groups is 1. The smallest absolute Gasteiger partial charge is 0.276 e. The third-order valence-corrected chi connectivity index (χ3v) is 1.64. The zero-order chi connectivity index (χ0) is 10.1. The average molecular weight is 210 g/mol. The van der Waals surface area contributed by atoms with Gasteiger partial charge in [-0.1, -0.05) is 12.1 Å². The van der Waals surface area contributed by atoms with Gasteiger partial charge in [-0.05, 0) is 23.7 Å². The van der Waals surface area contributed by atoms with Gasteiger partial charge in [0.15, 0.2) is 0 Å². The maximum Gasteiger partial charge on any atom is 0.416 e. The predicted octanol–water partition coefficient (Wildman–Crippen LogP) is 3.08. The van der Waals surface area contributed by atoms with Crippen LogP contribution >= 0.6 is 11.6 Å². The second-order valence-corrected chi connectivity index (χ2v) is 2.70. The zero-order valence-electron chi connectivity index (χ0n) is 6.23. The highest BCUT2D eigenvalue weighted by molar-refractivity contribution is 6.67. The predicted molar refractivity (Wildman–Crippen MR) is 41.6 cm³/mol. The Bertz CT molecular complexity index is 332. The van der Waals surface area contributed by atoms with Crippen LogP contribution in [0.2, 0.25) is 0 Å². The van der Waals surface area contributed by atoms with E-state index in [2.05, 4.69) is 0 Å². The van der Waals surface area contributed by atoms with E-state index in [-0.39, 0.29) is 5.56 Å². The summed E-state index contributed by atoms with van der Waals surface area (Å²) >= 11 is 5.02. The van der Waals surface area contributed by atoms with Gasteiger partial charge in [-0.3, -0.25) is 4.79 Å². The highest BCUT2D eigenvalue weighted by Crippen LogP contribution is 2.29. The summed E-state index contributed by atoms with van der Waals surface area (Å²) in [6, 6.07) is 3.96. The summed E-state index contributed by atoms with van der Waals surface area (Å²) in [4.78, 5) is 10.5. The van der Waals surface area contributed by atoms with E-state index in [1.54, 1.807) is 0 Å². The molecule has 0 unspecified atom stereocenters. The van der Waals surface area contributed by atoms with E-state index in [0.29, 0.717) is 0 Å². The van der Waals surface area contributed by atoms with Crippen LogP contribution in [0.1, 0.15) is 15.9 Å². The van der Waals surface area contributed by atoms with Crippen molar-refractivity contribution in [2.75, 3.05) is 0 Å². The van der Waals surface area contributed by atoms with E-state index in [9.17, 15) is 18.0 Å². The normalized spacial score (nSPS) is 11.4. The van der Waals surface area contributed by atoms with Gasteiger partial charge in [-0.2, -0.15) is 13.2 Å². The minimum Gasteiger partial charge on any atom is -0.276 e. The van der Waals surface area contributed by atoms with E-state index < -0.39 is 17.0 Å². The first-order valence-corrected chi connectivity index (χ1v) is 3.66. The van der Waals surface area contributed by atoms with Crippen molar-refractivity contribution >= 4 is 16.8 Å². The lowest BCUT2D eigenvalue weighted by molar-refractivity contribution is -0.137. The van der Waals surface area contributed by atoms with Crippen molar-refractivity contribution in [2.45, 2.75) is 6.18 Å². The second-order valence-electron chi connectivity index (χ2n) is 2.35. The quantitative estimate of drug-likeness (QED) is 0.651. The van der Waals surface area contributed by atoms with Gasteiger partial charge in [0, 0.05) is 5.56 Å². The van der Waals surface area contributed by atoms with Gasteiger partial charge in [0.25, 0.3) is 5.24 Å². The molecule has 0 bridgehead atoms. The fraction of sp³-hybridized carbons (Fsp3) is 0.125. The molecule has 0 N–H and O–H groups in total. The molecule has 0 saturated carbocycles. The van der Waals surface area contributed by atoms with Crippen molar-refractivity contribution in [1.29, 1.82) is 0 Å². The Kier molecular flexibility index (Phi) is 2.61. The van der Waals surface area contributed by atoms with E-state index in [4.69, 9.17) is 11.6 Å². The molecule has 0 aliphatic rings. The maximum absolute atomic E-state index is 12.1. The summed E-state index contributed by atoms with van der Waals surface area (Å²) in [5, 5.41) is -0.897. The first kappa shape index (κ1) is 10.1. The standard InChI is InChI=1S/C8H4ClF3O/c9-7(13)5-2-1-3-6(4-5)8(10,11)12/h1-4H/i9+2. The van der Waals surface area contributed by atoms with Crippen molar-refractivity contribution in [3.63, 3.8) is 0 Å². The Morgan fingerprint density at radius 1 is 1.31 bits per heavy atom. The molecule has 0 atom stereocenters. The fourth-order valence-electron chi connectivity index (χ4n) is 0.818. The van der Waals surface area contributed by atoms with Crippen molar-refractivity contribution in [3.8, 4) is 0 Å². The molecule has 1 nitrogen and oxygen atoms in total. The Balaban J connectivity index is 3.13. The molecule has 5 heteroatoms. The third kappa shape index (κ3) is 2.45. The molecule has 0 spiro atoms. The average Bonchev–Trinajstić information content (AvgIpc) is 2.03. The SMILES string of the molecule is O=C([37Cl])c1cccc(C(F)(F)F)c1. The third-order valence-electron chi connectivity index (χ3n) is 1.42. The summed E-state index contributed by atoms with van der Waals surface area (Å²) < 4.78 is 36.2. The summed E-state index contributed by atoms with van der Waals surface area (Å²) in [6.45, 7) is 0. The number of hydrogen-bond donors (Lipinski definition) is 0. The lowest BCUT2D eigenvalue weighted by Crippen LogP contribution is -2.05. The van der Waals surface area contributed by atoms with E-state index in [1.165, 1.54) is 6.07 Å². The Hall–Kier alpha value is -1.03. The molecule has 0 heterocycles. The summed E-state index contributed by atoms with van der Waals surface area (Å²) in [7, 11) is 0. The van der Waals surface area contributed by atoms with Crippen LogP contribution < -0.4 is 0 Å². The lowest BCUT2D eigenvalue weighted by Gasteiger charge is -2.06. The van der Waals surface area contributed by atoms with Crippen LogP contribution in [0.5, 0.6) is 0 Å². The molecule has 0 amide bonds. The van der Waals surface area contributed by atoms with Crippen molar-refractivity contribution < 1.29 is 18.0 Å². The number of alkyl halides is 3. The van der Waals surface area contributed by atoms with Gasteiger partial charge in [0.2, 0.25) is 0 Å². The van der Waals surface area contributed by atoms with Crippen LogP contribution in [0.15, 0.2) is 24.3 Å². The number of hydrogen-bond acceptors (Lipinski definition) is 1. The Labute approximate surface area is 77.1 Å². The minimum absolute atomic E-state index is 0.156. The van der Waals surface area contributed by atoms with Crippen LogP contribution in [-0.2, 0) is 6.18 Å². The van der Waals surface area contributed by atoms with Crippen molar-refractivity contribution in [1.82, 2.24) is 0 Å². The molecule has 1 aromatic rings. The molecule has 70 valence electrons. The number of benzene rings is 1. The molecule has 13 heavy (non-hydrogen) atoms. The molecule has 0 radical (unpaired) electrons. The molecule has 0 aliphatic heterocycles. The van der Waals surface area contributed by atoms with Crippen LogP contribution in [-0.4, -0.2) is 5.24 Å². The van der Waals surface area contributed by atoms with Gasteiger partial charge < -0.3 is 0 Å². The fourth-order valence-corrected chi connectivity index (χ4v) is 0.935. The largest absolute Gasteiger partial charge is 0.416 e. The van der Waals surface area contributed by atoms with E-state index in [1.807, 2.05) is 0 Å². The highest BCUT2D eigenvalue weighted by Gasteiger charge is 2.30. The Morgan fingerprint density at radius 2 is 1.92 bits per heavy atom. The molecule has 0 aliphatic carbocycles. The molecule has 0 aromatic heterocycles. The molecule has 1 aromatic carbocycles. The molecule has 0 fully saturated rings. The van der Waals surface area contributed by atoms with Gasteiger partial charge in [0.1, 0.15) is 0 Å². The summed E-state index contributed by atoms with van der Waals surface area (Å²) in [6.07, 6.45) is -4.44. The van der Waals surface area contributed by atoms with Crippen molar-refractivity contribution in [3.05, 3.63) is 35.4 Å². The van der Waals surface area contributed by atoms with Gasteiger partial charge in [0.05, 0.1) is 5.56 Å². The van der Waals surface area contributed by atoms with Crippen LogP contribution in [0.3, 0.4) is 0 Å². The van der Waals surface area contributed by atoms with Crippen LogP contribution in [0.25, 0.3) is 0 Å². The van der Waals surface area contributed by atoms with E-state index in [0.717, 1.165) is 18.2 Å². The molecule has 0 saturated heterocycles. The molecular formula is C8H4ClF3O. The number of rotatable bonds is 1. The number of carbonyl (C=O) groups excluding carboxylic acids is 1. The zero-order valence-corrected chi connectivity index (χ0v) is 6.99. The van der Waals surface area contributed by atoms with E-state index >= 15 is 0 Å². The highest BCUT2D eigenvalue weighted by atomic mass is 37.0. The number of halogens is 4. The summed E-state index contributed by atoms with van der Waals surface area (Å²) in [5.74, 6) is 0. The topological polar surface area (TPSA) is 17.1 Å². The molecular weight excluding hydrogens is 206 g/mol. The van der Waals surface area contributed by atoms with Crippen LogP contribution in [0.4, 0.5) is 13.2 Å². The minimum atomic E-state index is -4.44. The first-order valence-electron chi connectivity index (χ1n) is 3.28. The molecule has 1 rings (SSSR count). The van der Waals surface area contributed by atoms with Crippen molar-refractivity contribution in [2.24, 2.45) is 0 Å². The Morgan fingerprint density at radius 3 is 2.38 bits per heavy atom. The maximum atomic E-state index is 12.1. The van der Waals surface area contributed by atoms with Gasteiger partial charge in [-0.25, -0.2) is 0 Å². The lowest BCUT2D eigenvalue weighted by atomic mass is 10.1. The van der Waals surface area contributed by atoms with Gasteiger partial charge >= 0.3 is 6.18 Å². The van der Waals surface area contributed by atoms with Crippen LogP contribution in [0, 0.1) is 0 Å². The first-order chi connectivity index (χ1) is 5.91.